The Hall–Kier alpha value is -2.68. The van der Waals surface area contributed by atoms with E-state index >= 15 is 0 Å². The van der Waals surface area contributed by atoms with Gasteiger partial charge < -0.3 is 4.42 Å². The predicted octanol–water partition coefficient (Wildman–Crippen LogP) is 4.04. The van der Waals surface area contributed by atoms with E-state index in [2.05, 4.69) is 9.97 Å². The van der Waals surface area contributed by atoms with Crippen molar-refractivity contribution in [1.82, 2.24) is 9.97 Å². The van der Waals surface area contributed by atoms with Crippen molar-refractivity contribution in [3.8, 4) is 11.3 Å². The molecule has 0 N–H and O–H groups in total. The largest absolute Gasteiger partial charge is 0.452 e. The van der Waals surface area contributed by atoms with Crippen molar-refractivity contribution >= 4 is 22.1 Å². The molecule has 4 rings (SSSR count). The van der Waals surface area contributed by atoms with E-state index in [9.17, 15) is 0 Å². The molecule has 0 atom stereocenters. The van der Waals surface area contributed by atoms with E-state index in [0.717, 1.165) is 33.3 Å². The van der Waals surface area contributed by atoms with Crippen LogP contribution in [0.4, 0.5) is 0 Å². The van der Waals surface area contributed by atoms with E-state index < -0.39 is 0 Å². The summed E-state index contributed by atoms with van der Waals surface area (Å²) in [6.45, 7) is 0. The quantitative estimate of drug-likeness (QED) is 0.508. The number of fused-ring (bicyclic) bond motifs is 3. The predicted molar refractivity (Wildman–Crippen MR) is 74.7 cm³/mol. The Kier molecular flexibility index (Phi) is 2.12. The first kappa shape index (κ1) is 10.3. The van der Waals surface area contributed by atoms with Crippen molar-refractivity contribution in [1.29, 1.82) is 0 Å². The van der Waals surface area contributed by atoms with Crippen LogP contribution in [0.25, 0.3) is 33.3 Å². The van der Waals surface area contributed by atoms with Gasteiger partial charge in [0.25, 0.3) is 0 Å². The lowest BCUT2D eigenvalue weighted by molar-refractivity contribution is 0.667. The summed E-state index contributed by atoms with van der Waals surface area (Å²) in [5, 5.41) is 1.03. The Bertz CT molecular complexity index is 866. The zero-order valence-electron chi connectivity index (χ0n) is 10.1. The smallest absolute Gasteiger partial charge is 0.180 e. The monoisotopic (exact) mass is 246 g/mol. The molecular formula is C16H10N2O. The molecule has 2 aromatic heterocycles. The first-order chi connectivity index (χ1) is 9.43. The van der Waals surface area contributed by atoms with Gasteiger partial charge in [0.15, 0.2) is 5.58 Å². The molecule has 0 unspecified atom stereocenters. The average molecular weight is 246 g/mol. The van der Waals surface area contributed by atoms with Crippen LogP contribution < -0.4 is 0 Å². The van der Waals surface area contributed by atoms with Crippen molar-refractivity contribution < 1.29 is 4.42 Å². The third-order valence-electron chi connectivity index (χ3n) is 3.21. The molecule has 0 amide bonds. The van der Waals surface area contributed by atoms with E-state index in [-0.39, 0.29) is 0 Å². The number of rotatable bonds is 1. The summed E-state index contributed by atoms with van der Waals surface area (Å²) in [4.78, 5) is 8.72. The average Bonchev–Trinajstić information content (AvgIpc) is 2.87. The number of benzene rings is 2. The molecule has 3 nitrogen and oxygen atoms in total. The zero-order valence-corrected chi connectivity index (χ0v) is 10.1. The van der Waals surface area contributed by atoms with E-state index in [0.29, 0.717) is 0 Å². The van der Waals surface area contributed by atoms with Crippen LogP contribution in [0, 0.1) is 0 Å². The van der Waals surface area contributed by atoms with Gasteiger partial charge in [0.2, 0.25) is 0 Å². The third-order valence-corrected chi connectivity index (χ3v) is 3.21. The lowest BCUT2D eigenvalue weighted by Gasteiger charge is -1.99. The minimum absolute atomic E-state index is 0.745. The molecule has 0 bridgehead atoms. The van der Waals surface area contributed by atoms with Crippen LogP contribution in [-0.4, -0.2) is 9.97 Å². The van der Waals surface area contributed by atoms with E-state index in [1.807, 2.05) is 54.6 Å². The Balaban J connectivity index is 2.13. The first-order valence-electron chi connectivity index (χ1n) is 6.11. The summed E-state index contributed by atoms with van der Waals surface area (Å²) in [6.07, 6.45) is 1.59. The van der Waals surface area contributed by atoms with Crippen LogP contribution in [0.5, 0.6) is 0 Å². The highest BCUT2D eigenvalue weighted by Gasteiger charge is 2.13. The van der Waals surface area contributed by atoms with Crippen LogP contribution in [0.15, 0.2) is 65.3 Å². The van der Waals surface area contributed by atoms with Crippen LogP contribution in [0.2, 0.25) is 0 Å². The van der Waals surface area contributed by atoms with Gasteiger partial charge in [-0.2, -0.15) is 0 Å². The van der Waals surface area contributed by atoms with Gasteiger partial charge in [0.05, 0.1) is 0 Å². The van der Waals surface area contributed by atoms with Crippen molar-refractivity contribution in [2.45, 2.75) is 0 Å². The molecule has 4 aromatic rings. The number of nitrogens with zero attached hydrogens (tertiary/aromatic N) is 2. The molecule has 2 heterocycles. The molecule has 0 saturated heterocycles. The Morgan fingerprint density at radius 2 is 1.58 bits per heavy atom. The molecule has 0 aliphatic rings. The van der Waals surface area contributed by atoms with Gasteiger partial charge in [-0.25, -0.2) is 9.97 Å². The molecule has 19 heavy (non-hydrogen) atoms. The Labute approximate surface area is 109 Å². The summed E-state index contributed by atoms with van der Waals surface area (Å²) in [5.74, 6) is 0. The highest BCUT2D eigenvalue weighted by molar-refractivity contribution is 6.06. The highest BCUT2D eigenvalue weighted by atomic mass is 16.3. The standard InChI is InChI=1S/C16H10N2O/c1-2-6-11(7-3-1)14-16-15(18-10-17-14)12-8-4-5-9-13(12)19-16/h1-10H. The Morgan fingerprint density at radius 3 is 2.47 bits per heavy atom. The molecule has 0 radical (unpaired) electrons. The second kappa shape index (κ2) is 3.92. The molecule has 0 fully saturated rings. The van der Waals surface area contributed by atoms with Gasteiger partial charge in [-0.05, 0) is 12.1 Å². The maximum absolute atomic E-state index is 5.91. The topological polar surface area (TPSA) is 38.9 Å². The molecule has 0 aliphatic heterocycles. The summed E-state index contributed by atoms with van der Waals surface area (Å²) in [6, 6.07) is 17.9. The number of furan rings is 1. The van der Waals surface area contributed by atoms with Crippen molar-refractivity contribution in [3.05, 3.63) is 60.9 Å². The second-order valence-electron chi connectivity index (χ2n) is 4.36. The van der Waals surface area contributed by atoms with Crippen LogP contribution >= 0.6 is 0 Å². The molecule has 0 spiro atoms. The molecule has 0 saturated carbocycles. The normalized spacial score (nSPS) is 11.2. The summed E-state index contributed by atoms with van der Waals surface area (Å²) < 4.78 is 5.91. The number of para-hydroxylation sites is 1. The molecule has 90 valence electrons. The van der Waals surface area contributed by atoms with Crippen LogP contribution in [0.3, 0.4) is 0 Å². The zero-order chi connectivity index (χ0) is 12.7. The SMILES string of the molecule is c1ccc(-c2ncnc3c2oc2ccccc23)cc1. The number of hydrogen-bond donors (Lipinski definition) is 0. The van der Waals surface area contributed by atoms with Gasteiger partial charge in [0, 0.05) is 10.9 Å². The number of aromatic nitrogens is 2. The molecule has 0 aliphatic carbocycles. The Morgan fingerprint density at radius 1 is 0.789 bits per heavy atom. The lowest BCUT2D eigenvalue weighted by atomic mass is 10.1. The van der Waals surface area contributed by atoms with Crippen molar-refractivity contribution in [2.75, 3.05) is 0 Å². The second-order valence-corrected chi connectivity index (χ2v) is 4.36. The highest BCUT2D eigenvalue weighted by Crippen LogP contribution is 2.32. The third kappa shape index (κ3) is 1.52. The van der Waals surface area contributed by atoms with E-state index in [1.54, 1.807) is 6.33 Å². The maximum Gasteiger partial charge on any atom is 0.180 e. The first-order valence-corrected chi connectivity index (χ1v) is 6.11. The van der Waals surface area contributed by atoms with Gasteiger partial charge in [-0.1, -0.05) is 42.5 Å². The minimum Gasteiger partial charge on any atom is -0.452 e. The van der Waals surface area contributed by atoms with Crippen molar-refractivity contribution in [3.63, 3.8) is 0 Å². The molecular weight excluding hydrogens is 236 g/mol. The fourth-order valence-corrected chi connectivity index (χ4v) is 2.33. The molecule has 3 heteroatoms. The molecule has 2 aromatic carbocycles. The van der Waals surface area contributed by atoms with Gasteiger partial charge >= 0.3 is 0 Å². The van der Waals surface area contributed by atoms with Crippen LogP contribution in [-0.2, 0) is 0 Å². The van der Waals surface area contributed by atoms with Crippen molar-refractivity contribution in [2.24, 2.45) is 0 Å². The van der Waals surface area contributed by atoms with E-state index in [4.69, 9.17) is 4.42 Å². The number of hydrogen-bond acceptors (Lipinski definition) is 3. The summed E-state index contributed by atoms with van der Waals surface area (Å²) >= 11 is 0. The summed E-state index contributed by atoms with van der Waals surface area (Å²) in [5.41, 5.74) is 4.32. The maximum atomic E-state index is 5.91. The fourth-order valence-electron chi connectivity index (χ4n) is 2.33. The van der Waals surface area contributed by atoms with Gasteiger partial charge in [-0.3, -0.25) is 0 Å². The van der Waals surface area contributed by atoms with Gasteiger partial charge in [0.1, 0.15) is 23.1 Å². The minimum atomic E-state index is 0.745. The van der Waals surface area contributed by atoms with Crippen LogP contribution in [0.1, 0.15) is 0 Å². The summed E-state index contributed by atoms with van der Waals surface area (Å²) in [7, 11) is 0. The van der Waals surface area contributed by atoms with Gasteiger partial charge in [-0.15, -0.1) is 0 Å². The lowest BCUT2D eigenvalue weighted by Crippen LogP contribution is -1.85. The van der Waals surface area contributed by atoms with E-state index in [1.165, 1.54) is 0 Å². The fraction of sp³-hybridized carbons (Fsp3) is 0.